The molecule has 10 heteroatoms. The van der Waals surface area contributed by atoms with Gasteiger partial charge in [0.25, 0.3) is 11.8 Å². The van der Waals surface area contributed by atoms with Crippen LogP contribution in [0.2, 0.25) is 0 Å². The van der Waals surface area contributed by atoms with Crippen molar-refractivity contribution >= 4 is 29.1 Å². The van der Waals surface area contributed by atoms with Crippen LogP contribution in [0.15, 0.2) is 65.9 Å². The van der Waals surface area contributed by atoms with E-state index in [0.717, 1.165) is 0 Å². The summed E-state index contributed by atoms with van der Waals surface area (Å²) in [6, 6.07) is 14.1. The number of nitrogens with two attached hydrogens (primary N) is 1. The van der Waals surface area contributed by atoms with E-state index < -0.39 is 11.8 Å². The smallest absolute Gasteiger partial charge is 0.271 e. The second-order valence-corrected chi connectivity index (χ2v) is 7.14. The highest BCUT2D eigenvalue weighted by atomic mass is 19.1. The summed E-state index contributed by atoms with van der Waals surface area (Å²) >= 11 is 0. The van der Waals surface area contributed by atoms with Gasteiger partial charge in [-0.15, -0.1) is 0 Å². The van der Waals surface area contributed by atoms with Crippen LogP contribution in [-0.2, 0) is 16.1 Å². The zero-order valence-electron chi connectivity index (χ0n) is 16.9. The van der Waals surface area contributed by atoms with Crippen molar-refractivity contribution < 1.29 is 18.8 Å². The number of rotatable bonds is 6. The second-order valence-electron chi connectivity index (χ2n) is 7.14. The Hall–Kier alpha value is -4.34. The lowest BCUT2D eigenvalue weighted by Gasteiger charge is -2.23. The SMILES string of the molecule is NC(=O)c1ccn(-c2ccc(NC(=O)C3=NN(Cc4ccc(F)cc4)C(=O)CC3)cc2)n1. The Morgan fingerprint density at radius 3 is 2.41 bits per heavy atom. The highest BCUT2D eigenvalue weighted by Crippen LogP contribution is 2.17. The highest BCUT2D eigenvalue weighted by Gasteiger charge is 2.24. The van der Waals surface area contributed by atoms with E-state index in [-0.39, 0.29) is 42.5 Å². The molecule has 0 bridgehead atoms. The number of aromatic nitrogens is 2. The molecular weight excluding hydrogens is 415 g/mol. The number of benzene rings is 2. The van der Waals surface area contributed by atoms with Crippen molar-refractivity contribution in [3.8, 4) is 5.69 Å². The molecule has 3 amide bonds. The van der Waals surface area contributed by atoms with E-state index in [4.69, 9.17) is 5.73 Å². The van der Waals surface area contributed by atoms with Gasteiger partial charge >= 0.3 is 0 Å². The van der Waals surface area contributed by atoms with E-state index in [1.54, 1.807) is 42.6 Å². The topological polar surface area (TPSA) is 123 Å². The van der Waals surface area contributed by atoms with Gasteiger partial charge in [-0.2, -0.15) is 10.2 Å². The van der Waals surface area contributed by atoms with Gasteiger partial charge in [-0.25, -0.2) is 14.1 Å². The highest BCUT2D eigenvalue weighted by molar-refractivity contribution is 6.43. The summed E-state index contributed by atoms with van der Waals surface area (Å²) in [6.07, 6.45) is 2.00. The maximum absolute atomic E-state index is 13.1. The molecule has 1 aliphatic rings. The number of carbonyl (C=O) groups excluding carboxylic acids is 3. The monoisotopic (exact) mass is 434 g/mol. The molecule has 4 rings (SSSR count). The molecular formula is C22H19FN6O3. The predicted molar refractivity (Wildman–Crippen MR) is 114 cm³/mol. The minimum atomic E-state index is -0.618. The zero-order chi connectivity index (χ0) is 22.7. The van der Waals surface area contributed by atoms with Gasteiger partial charge < -0.3 is 11.1 Å². The first kappa shape index (κ1) is 20.9. The van der Waals surface area contributed by atoms with Crippen molar-refractivity contribution in [1.82, 2.24) is 14.8 Å². The lowest BCUT2D eigenvalue weighted by atomic mass is 10.1. The maximum atomic E-state index is 13.1. The van der Waals surface area contributed by atoms with Gasteiger partial charge in [-0.3, -0.25) is 14.4 Å². The second kappa shape index (κ2) is 8.80. The fourth-order valence-corrected chi connectivity index (χ4v) is 3.15. The first-order valence-electron chi connectivity index (χ1n) is 9.78. The van der Waals surface area contributed by atoms with Crippen LogP contribution in [0.3, 0.4) is 0 Å². The molecule has 0 radical (unpaired) electrons. The summed E-state index contributed by atoms with van der Waals surface area (Å²) in [4.78, 5) is 36.0. The Morgan fingerprint density at radius 2 is 1.75 bits per heavy atom. The summed E-state index contributed by atoms with van der Waals surface area (Å²) < 4.78 is 14.6. The molecule has 2 aromatic carbocycles. The molecule has 1 aromatic heterocycles. The Labute approximate surface area is 182 Å². The molecule has 0 unspecified atom stereocenters. The zero-order valence-corrected chi connectivity index (χ0v) is 16.9. The number of halogens is 1. The van der Waals surface area contributed by atoms with Gasteiger partial charge in [0.2, 0.25) is 5.91 Å². The number of amides is 3. The Balaban J connectivity index is 1.43. The molecule has 0 spiro atoms. The van der Waals surface area contributed by atoms with E-state index in [1.165, 1.54) is 27.9 Å². The van der Waals surface area contributed by atoms with E-state index in [2.05, 4.69) is 15.5 Å². The van der Waals surface area contributed by atoms with Crippen LogP contribution in [-0.4, -0.2) is 38.2 Å². The average molecular weight is 434 g/mol. The third-order valence-corrected chi connectivity index (χ3v) is 4.84. The van der Waals surface area contributed by atoms with Gasteiger partial charge in [0.15, 0.2) is 0 Å². The van der Waals surface area contributed by atoms with E-state index in [1.807, 2.05) is 0 Å². The maximum Gasteiger partial charge on any atom is 0.271 e. The number of hydrogen-bond acceptors (Lipinski definition) is 5. The number of hydrazone groups is 1. The van der Waals surface area contributed by atoms with Gasteiger partial charge in [0, 0.05) is 24.7 Å². The lowest BCUT2D eigenvalue weighted by molar-refractivity contribution is -0.132. The van der Waals surface area contributed by atoms with Crippen molar-refractivity contribution in [3.05, 3.63) is 77.9 Å². The Kier molecular flexibility index (Phi) is 5.75. The van der Waals surface area contributed by atoms with Gasteiger partial charge in [0.05, 0.1) is 12.2 Å². The third-order valence-electron chi connectivity index (χ3n) is 4.84. The number of carbonyl (C=O) groups is 3. The van der Waals surface area contributed by atoms with Crippen LogP contribution in [0.4, 0.5) is 10.1 Å². The molecule has 3 aromatic rings. The van der Waals surface area contributed by atoms with E-state index in [9.17, 15) is 18.8 Å². The molecule has 162 valence electrons. The van der Waals surface area contributed by atoms with Crippen LogP contribution in [0.25, 0.3) is 5.69 Å². The number of anilines is 1. The molecule has 0 aliphatic carbocycles. The number of nitrogens with one attached hydrogen (secondary N) is 1. The van der Waals surface area contributed by atoms with Crippen LogP contribution in [0.5, 0.6) is 0 Å². The van der Waals surface area contributed by atoms with Gasteiger partial charge in [-0.1, -0.05) is 12.1 Å². The minimum absolute atomic E-state index is 0.150. The molecule has 0 fully saturated rings. The van der Waals surface area contributed by atoms with E-state index in [0.29, 0.717) is 16.9 Å². The number of nitrogens with zero attached hydrogens (tertiary/aromatic N) is 4. The Bertz CT molecular complexity index is 1200. The normalized spacial score (nSPS) is 13.6. The average Bonchev–Trinajstić information content (AvgIpc) is 3.28. The molecule has 0 saturated heterocycles. The molecule has 0 saturated carbocycles. The van der Waals surface area contributed by atoms with Crippen molar-refractivity contribution in [2.75, 3.05) is 5.32 Å². The molecule has 9 nitrogen and oxygen atoms in total. The largest absolute Gasteiger partial charge is 0.364 e. The fourth-order valence-electron chi connectivity index (χ4n) is 3.15. The number of primary amides is 1. The Morgan fingerprint density at radius 1 is 1.03 bits per heavy atom. The van der Waals surface area contributed by atoms with Crippen LogP contribution in [0, 0.1) is 5.82 Å². The van der Waals surface area contributed by atoms with Crippen LogP contribution >= 0.6 is 0 Å². The van der Waals surface area contributed by atoms with Crippen LogP contribution in [0.1, 0.15) is 28.9 Å². The summed E-state index contributed by atoms with van der Waals surface area (Å²) in [6.45, 7) is 0.155. The summed E-state index contributed by atoms with van der Waals surface area (Å²) in [5, 5.41) is 12.3. The standard InChI is InChI=1S/C22H19FN6O3/c23-15-3-1-14(2-4-15)13-29-20(30)10-9-19(27-29)22(32)25-16-5-7-17(8-6-16)28-12-11-18(26-28)21(24)31/h1-8,11-12H,9-10,13H2,(H2,24,31)(H,25,32). The van der Waals surface area contributed by atoms with Gasteiger partial charge in [-0.05, 0) is 48.0 Å². The minimum Gasteiger partial charge on any atom is -0.364 e. The molecule has 32 heavy (non-hydrogen) atoms. The van der Waals surface area contributed by atoms with Crippen molar-refractivity contribution in [1.29, 1.82) is 0 Å². The fraction of sp³-hybridized carbons (Fsp3) is 0.136. The number of hydrogen-bond donors (Lipinski definition) is 2. The first-order chi connectivity index (χ1) is 15.4. The predicted octanol–water partition coefficient (Wildman–Crippen LogP) is 2.23. The van der Waals surface area contributed by atoms with E-state index >= 15 is 0 Å². The van der Waals surface area contributed by atoms with Crippen LogP contribution < -0.4 is 11.1 Å². The molecule has 0 atom stereocenters. The lowest BCUT2D eigenvalue weighted by Crippen LogP contribution is -2.36. The molecule has 1 aliphatic heterocycles. The van der Waals surface area contributed by atoms with Crippen molar-refractivity contribution in [2.45, 2.75) is 19.4 Å². The summed E-state index contributed by atoms with van der Waals surface area (Å²) in [7, 11) is 0. The molecule has 3 N–H and O–H groups in total. The van der Waals surface area contributed by atoms with Crippen molar-refractivity contribution in [3.63, 3.8) is 0 Å². The summed E-state index contributed by atoms with van der Waals surface area (Å²) in [5.74, 6) is -1.60. The molecule has 2 heterocycles. The quantitative estimate of drug-likeness (QED) is 0.618. The summed E-state index contributed by atoms with van der Waals surface area (Å²) in [5.41, 5.74) is 7.51. The van der Waals surface area contributed by atoms with Gasteiger partial charge in [0.1, 0.15) is 17.2 Å². The first-order valence-corrected chi connectivity index (χ1v) is 9.78. The van der Waals surface area contributed by atoms with Crippen molar-refractivity contribution in [2.24, 2.45) is 10.8 Å². The third kappa shape index (κ3) is 4.69.